The van der Waals surface area contributed by atoms with Gasteiger partial charge in [0.25, 0.3) is 0 Å². The Morgan fingerprint density at radius 3 is 2.48 bits per heavy atom. The fourth-order valence-corrected chi connectivity index (χ4v) is 3.30. The predicted molar refractivity (Wildman–Crippen MR) is 113 cm³/mol. The zero-order valence-electron chi connectivity index (χ0n) is 17.0. The van der Waals surface area contributed by atoms with Gasteiger partial charge < -0.3 is 20.3 Å². The van der Waals surface area contributed by atoms with Gasteiger partial charge in [0.05, 0.1) is 11.0 Å². The van der Waals surface area contributed by atoms with Crippen molar-refractivity contribution in [2.45, 2.75) is 25.5 Å². The van der Waals surface area contributed by atoms with Crippen LogP contribution in [0, 0.1) is 0 Å². The molecule has 0 aliphatic carbocycles. The molecule has 29 heavy (non-hydrogen) atoms. The summed E-state index contributed by atoms with van der Waals surface area (Å²) in [5, 5.41) is 22.6. The molecule has 0 bridgehead atoms. The molecule has 0 aliphatic heterocycles. The number of imidazole rings is 1. The summed E-state index contributed by atoms with van der Waals surface area (Å²) in [4.78, 5) is 12.0. The number of unbranched alkanes of at least 4 members (excludes halogenated alkanes) is 1. The van der Waals surface area contributed by atoms with Gasteiger partial charge >= 0.3 is 5.69 Å². The fourth-order valence-electron chi connectivity index (χ4n) is 3.30. The van der Waals surface area contributed by atoms with Gasteiger partial charge in [-0.25, -0.2) is 4.79 Å². The van der Waals surface area contributed by atoms with Gasteiger partial charge in [0.2, 0.25) is 0 Å². The zero-order valence-corrected chi connectivity index (χ0v) is 17.0. The van der Waals surface area contributed by atoms with Crippen LogP contribution in [0.4, 0.5) is 0 Å². The van der Waals surface area contributed by atoms with E-state index in [1.165, 1.54) is 0 Å². The molecule has 0 saturated carbocycles. The second-order valence-corrected chi connectivity index (χ2v) is 7.23. The molecular weight excluding hydrogens is 370 g/mol. The lowest BCUT2D eigenvalue weighted by Crippen LogP contribution is -2.19. The number of ether oxygens (including phenoxy) is 1. The summed E-state index contributed by atoms with van der Waals surface area (Å²) < 4.78 is 8.89. The van der Waals surface area contributed by atoms with E-state index in [-0.39, 0.29) is 18.9 Å². The van der Waals surface area contributed by atoms with Crippen molar-refractivity contribution in [2.75, 3.05) is 19.8 Å². The number of nitrogens with zero attached hydrogens (tertiary/aromatic N) is 2. The summed E-state index contributed by atoms with van der Waals surface area (Å²) >= 11 is 0. The van der Waals surface area contributed by atoms with Crippen LogP contribution >= 0.6 is 0 Å². The second-order valence-electron chi connectivity index (χ2n) is 7.23. The minimum absolute atomic E-state index is 0.0918. The molecule has 1 heterocycles. The van der Waals surface area contributed by atoms with Gasteiger partial charge in [0, 0.05) is 27.2 Å². The molecule has 1 atom stereocenters. The first kappa shape index (κ1) is 21.1. The highest BCUT2D eigenvalue weighted by molar-refractivity contribution is 5.76. The van der Waals surface area contributed by atoms with E-state index in [1.54, 1.807) is 23.2 Å². The van der Waals surface area contributed by atoms with Gasteiger partial charge in [0.15, 0.2) is 0 Å². The third-order valence-electron chi connectivity index (χ3n) is 5.10. The smallest absolute Gasteiger partial charge is 0.328 e. The van der Waals surface area contributed by atoms with E-state index in [4.69, 9.17) is 9.84 Å². The Morgan fingerprint density at radius 1 is 1.03 bits per heavy atom. The van der Waals surface area contributed by atoms with Crippen LogP contribution in [-0.4, -0.2) is 39.1 Å². The molecule has 2 aromatic carbocycles. The lowest BCUT2D eigenvalue weighted by Gasteiger charge is -2.13. The van der Waals surface area contributed by atoms with E-state index in [0.717, 1.165) is 42.5 Å². The third-order valence-corrected chi connectivity index (χ3v) is 5.10. The summed E-state index contributed by atoms with van der Waals surface area (Å²) in [7, 11) is 3.46. The average molecular weight is 399 g/mol. The Kier molecular flexibility index (Phi) is 7.09. The molecule has 3 rings (SSSR count). The number of aliphatic hydroxyl groups is 2. The quantitative estimate of drug-likeness (QED) is 0.453. The van der Waals surface area contributed by atoms with Crippen molar-refractivity contribution >= 4 is 11.0 Å². The number of aliphatic hydroxyl groups excluding tert-OH is 2. The normalized spacial score (nSPS) is 12.4. The van der Waals surface area contributed by atoms with E-state index in [9.17, 15) is 9.90 Å². The number of hydrogen-bond acceptors (Lipinski definition) is 5. The fraction of sp³-hybridized carbons (Fsp3) is 0.409. The lowest BCUT2D eigenvalue weighted by atomic mass is 10.1. The van der Waals surface area contributed by atoms with Gasteiger partial charge in [-0.05, 0) is 54.8 Å². The number of aromatic nitrogens is 2. The first-order valence-electron chi connectivity index (χ1n) is 9.88. The van der Waals surface area contributed by atoms with Gasteiger partial charge in [-0.15, -0.1) is 0 Å². The zero-order chi connectivity index (χ0) is 20.8. The summed E-state index contributed by atoms with van der Waals surface area (Å²) in [6.45, 7) is 2.01. The van der Waals surface area contributed by atoms with Crippen molar-refractivity contribution in [3.05, 3.63) is 64.1 Å². The highest BCUT2D eigenvalue weighted by Crippen LogP contribution is 2.21. The van der Waals surface area contributed by atoms with Crippen molar-refractivity contribution in [3.63, 3.8) is 0 Å². The highest BCUT2D eigenvalue weighted by atomic mass is 16.5. The molecule has 7 heteroatoms. The summed E-state index contributed by atoms with van der Waals surface area (Å²) in [6.07, 6.45) is 0.983. The van der Waals surface area contributed by atoms with Crippen molar-refractivity contribution in [1.82, 2.24) is 14.5 Å². The molecule has 0 amide bonds. The molecule has 3 aromatic rings. The van der Waals surface area contributed by atoms with E-state index in [2.05, 4.69) is 5.32 Å². The summed E-state index contributed by atoms with van der Waals surface area (Å²) in [5.74, 6) is 0.696. The maximum absolute atomic E-state index is 12.0. The van der Waals surface area contributed by atoms with E-state index < -0.39 is 6.10 Å². The van der Waals surface area contributed by atoms with Crippen molar-refractivity contribution < 1.29 is 14.9 Å². The number of fused-ring (bicyclic) bond motifs is 1. The van der Waals surface area contributed by atoms with Crippen molar-refractivity contribution in [2.24, 2.45) is 14.1 Å². The molecule has 0 aliphatic rings. The molecule has 1 aromatic heterocycles. The standard InChI is InChI=1S/C22H29N3O4/c1-24-19-10-7-17(13-20(19)25(2)22(24)28)21(27)15-29-18-8-5-16(6-9-18)14-23-11-3-4-12-26/h5-10,13,21,23,26-27H,3-4,11-12,14-15H2,1-2H3/t21-/m0/s1. The number of benzene rings is 2. The molecule has 0 fully saturated rings. The minimum atomic E-state index is -0.789. The van der Waals surface area contributed by atoms with Crippen LogP contribution in [0.1, 0.15) is 30.1 Å². The van der Waals surface area contributed by atoms with Gasteiger partial charge in [-0.1, -0.05) is 18.2 Å². The van der Waals surface area contributed by atoms with Crippen molar-refractivity contribution in [1.29, 1.82) is 0 Å². The first-order chi connectivity index (χ1) is 14.0. The monoisotopic (exact) mass is 399 g/mol. The van der Waals surface area contributed by atoms with Crippen LogP contribution < -0.4 is 15.7 Å². The second kappa shape index (κ2) is 9.73. The topological polar surface area (TPSA) is 88.7 Å². The molecule has 156 valence electrons. The van der Waals surface area contributed by atoms with Gasteiger partial charge in [-0.3, -0.25) is 9.13 Å². The van der Waals surface area contributed by atoms with Crippen LogP contribution in [0.25, 0.3) is 11.0 Å². The molecule has 0 radical (unpaired) electrons. The molecule has 7 nitrogen and oxygen atoms in total. The average Bonchev–Trinajstić information content (AvgIpc) is 2.96. The minimum Gasteiger partial charge on any atom is -0.491 e. The highest BCUT2D eigenvalue weighted by Gasteiger charge is 2.13. The number of rotatable bonds is 10. The molecular formula is C22H29N3O4. The Hall–Kier alpha value is -2.61. The van der Waals surface area contributed by atoms with Crippen LogP contribution in [0.2, 0.25) is 0 Å². The Bertz CT molecular complexity index is 992. The van der Waals surface area contributed by atoms with Crippen LogP contribution in [0.5, 0.6) is 5.75 Å². The Balaban J connectivity index is 1.55. The number of nitrogens with one attached hydrogen (secondary N) is 1. The largest absolute Gasteiger partial charge is 0.491 e. The first-order valence-corrected chi connectivity index (χ1v) is 9.88. The van der Waals surface area contributed by atoms with Crippen LogP contribution in [-0.2, 0) is 20.6 Å². The maximum Gasteiger partial charge on any atom is 0.328 e. The summed E-state index contributed by atoms with van der Waals surface area (Å²) in [6, 6.07) is 13.3. The molecule has 3 N–H and O–H groups in total. The Labute approximate surface area is 170 Å². The van der Waals surface area contributed by atoms with Crippen LogP contribution in [0.15, 0.2) is 47.3 Å². The van der Waals surface area contributed by atoms with Crippen LogP contribution in [0.3, 0.4) is 0 Å². The SMILES string of the molecule is Cn1c(=O)n(C)c2cc([C@@H](O)COc3ccc(CNCCCCO)cc3)ccc21. The number of aryl methyl sites for hydroxylation is 2. The third kappa shape index (κ3) is 5.06. The number of hydrogen-bond donors (Lipinski definition) is 3. The molecule has 0 unspecified atom stereocenters. The predicted octanol–water partition coefficient (Wildman–Crippen LogP) is 1.85. The van der Waals surface area contributed by atoms with Gasteiger partial charge in [-0.2, -0.15) is 0 Å². The maximum atomic E-state index is 12.0. The van der Waals surface area contributed by atoms with Gasteiger partial charge in [0.1, 0.15) is 18.5 Å². The van der Waals surface area contributed by atoms with Crippen molar-refractivity contribution in [3.8, 4) is 5.75 Å². The Morgan fingerprint density at radius 2 is 1.76 bits per heavy atom. The van der Waals surface area contributed by atoms with E-state index in [0.29, 0.717) is 11.3 Å². The lowest BCUT2D eigenvalue weighted by molar-refractivity contribution is 0.108. The molecule has 0 spiro atoms. The summed E-state index contributed by atoms with van der Waals surface area (Å²) in [5.41, 5.74) is 3.38. The van der Waals surface area contributed by atoms with E-state index >= 15 is 0 Å². The van der Waals surface area contributed by atoms with E-state index in [1.807, 2.05) is 42.5 Å². The molecule has 0 saturated heterocycles.